The van der Waals surface area contributed by atoms with Gasteiger partial charge in [0.1, 0.15) is 5.70 Å². The van der Waals surface area contributed by atoms with Gasteiger partial charge in [-0.15, -0.1) is 0 Å². The minimum Gasteiger partial charge on any atom is -0.493 e. The van der Waals surface area contributed by atoms with Crippen molar-refractivity contribution in [3.8, 4) is 11.5 Å². The molecule has 1 aliphatic rings. The van der Waals surface area contributed by atoms with Gasteiger partial charge in [0, 0.05) is 18.8 Å². The summed E-state index contributed by atoms with van der Waals surface area (Å²) in [5, 5.41) is 0. The van der Waals surface area contributed by atoms with E-state index in [1.807, 2.05) is 62.4 Å². The number of anilines is 2. The summed E-state index contributed by atoms with van der Waals surface area (Å²) >= 11 is 0. The lowest BCUT2D eigenvalue weighted by molar-refractivity contribution is -0.120. The fourth-order valence-corrected chi connectivity index (χ4v) is 3.97. The first-order valence-electron chi connectivity index (χ1n) is 10.6. The predicted octanol–water partition coefficient (Wildman–Crippen LogP) is 4.74. The number of amides is 2. The van der Waals surface area contributed by atoms with E-state index in [2.05, 4.69) is 0 Å². The van der Waals surface area contributed by atoms with E-state index < -0.39 is 5.91 Å². The molecule has 0 unspecified atom stereocenters. The van der Waals surface area contributed by atoms with Crippen LogP contribution in [0.4, 0.5) is 11.4 Å². The van der Waals surface area contributed by atoms with Crippen LogP contribution in [0.2, 0.25) is 0 Å². The second-order valence-electron chi connectivity index (χ2n) is 7.90. The molecular formula is C27H26N2O4. The highest BCUT2D eigenvalue weighted by Crippen LogP contribution is 2.39. The third-order valence-electron chi connectivity index (χ3n) is 5.96. The molecule has 1 heterocycles. The van der Waals surface area contributed by atoms with Crippen LogP contribution in [0, 0.1) is 13.8 Å². The van der Waals surface area contributed by atoms with Crippen LogP contribution < -0.4 is 19.3 Å². The number of hydrogen-bond acceptors (Lipinski definition) is 5. The first-order valence-corrected chi connectivity index (χ1v) is 10.6. The van der Waals surface area contributed by atoms with Crippen molar-refractivity contribution < 1.29 is 19.1 Å². The SMILES string of the molecule is COc1ccc(N2C(=O)C(c3ccc(C)c(C)c3)=C(N(C)c3ccccc3)C2=O)cc1OC. The Morgan fingerprint density at radius 3 is 2.09 bits per heavy atom. The highest BCUT2D eigenvalue weighted by molar-refractivity contribution is 6.46. The van der Waals surface area contributed by atoms with Crippen molar-refractivity contribution in [1.82, 2.24) is 0 Å². The fourth-order valence-electron chi connectivity index (χ4n) is 3.97. The Bertz CT molecular complexity index is 1260. The van der Waals surface area contributed by atoms with Gasteiger partial charge in [-0.1, -0.05) is 36.4 Å². The Hall–Kier alpha value is -4.06. The number of ether oxygens (including phenoxy) is 2. The van der Waals surface area contributed by atoms with Gasteiger partial charge in [-0.05, 0) is 54.8 Å². The zero-order valence-electron chi connectivity index (χ0n) is 19.4. The van der Waals surface area contributed by atoms with Crippen molar-refractivity contribution in [2.24, 2.45) is 0 Å². The number of carbonyl (C=O) groups is 2. The molecule has 1 aliphatic heterocycles. The monoisotopic (exact) mass is 442 g/mol. The van der Waals surface area contributed by atoms with E-state index in [9.17, 15) is 9.59 Å². The van der Waals surface area contributed by atoms with E-state index >= 15 is 0 Å². The third kappa shape index (κ3) is 3.84. The summed E-state index contributed by atoms with van der Waals surface area (Å²) < 4.78 is 10.7. The molecule has 0 aliphatic carbocycles. The van der Waals surface area contributed by atoms with Crippen LogP contribution in [0.3, 0.4) is 0 Å². The lowest BCUT2D eigenvalue weighted by Crippen LogP contribution is -2.34. The van der Waals surface area contributed by atoms with Crippen LogP contribution in [-0.2, 0) is 9.59 Å². The van der Waals surface area contributed by atoms with Crippen LogP contribution in [-0.4, -0.2) is 33.1 Å². The van der Waals surface area contributed by atoms with Gasteiger partial charge in [0.15, 0.2) is 11.5 Å². The van der Waals surface area contributed by atoms with Crippen molar-refractivity contribution in [3.63, 3.8) is 0 Å². The van der Waals surface area contributed by atoms with Gasteiger partial charge in [0.2, 0.25) is 0 Å². The minimum absolute atomic E-state index is 0.323. The normalized spacial score (nSPS) is 13.5. The fraction of sp³-hybridized carbons (Fsp3) is 0.185. The van der Waals surface area contributed by atoms with Gasteiger partial charge >= 0.3 is 0 Å². The maximum atomic E-state index is 13.8. The quantitative estimate of drug-likeness (QED) is 0.516. The molecule has 6 nitrogen and oxygen atoms in total. The van der Waals surface area contributed by atoms with Crippen LogP contribution in [0.1, 0.15) is 16.7 Å². The second kappa shape index (κ2) is 8.82. The Morgan fingerprint density at radius 2 is 1.45 bits per heavy atom. The maximum Gasteiger partial charge on any atom is 0.282 e. The second-order valence-corrected chi connectivity index (χ2v) is 7.90. The molecule has 0 saturated carbocycles. The summed E-state index contributed by atoms with van der Waals surface area (Å²) in [6, 6.07) is 20.3. The number of imide groups is 1. The first kappa shape index (κ1) is 22.1. The number of likely N-dealkylation sites (N-methyl/N-ethyl adjacent to an activating group) is 1. The number of methoxy groups -OCH3 is 2. The number of para-hydroxylation sites is 1. The number of rotatable bonds is 6. The summed E-state index contributed by atoms with van der Waals surface area (Å²) in [5.41, 5.74) is 4.78. The molecule has 0 saturated heterocycles. The lowest BCUT2D eigenvalue weighted by atomic mass is 9.99. The number of carbonyl (C=O) groups excluding carboxylic acids is 2. The van der Waals surface area contributed by atoms with E-state index in [-0.39, 0.29) is 5.91 Å². The smallest absolute Gasteiger partial charge is 0.282 e. The van der Waals surface area contributed by atoms with Crippen molar-refractivity contribution in [1.29, 1.82) is 0 Å². The van der Waals surface area contributed by atoms with Gasteiger partial charge in [0.05, 0.1) is 25.5 Å². The lowest BCUT2D eigenvalue weighted by Gasteiger charge is -2.22. The summed E-state index contributed by atoms with van der Waals surface area (Å²) in [6.07, 6.45) is 0. The number of aryl methyl sites for hydroxylation is 2. The van der Waals surface area contributed by atoms with Crippen molar-refractivity contribution in [3.05, 3.63) is 89.1 Å². The molecule has 0 radical (unpaired) electrons. The molecule has 2 amide bonds. The minimum atomic E-state index is -0.396. The molecule has 4 rings (SSSR count). The zero-order chi connectivity index (χ0) is 23.7. The molecule has 0 spiro atoms. The number of hydrogen-bond donors (Lipinski definition) is 0. The molecule has 0 atom stereocenters. The maximum absolute atomic E-state index is 13.8. The summed E-state index contributed by atoms with van der Waals surface area (Å²) in [6.45, 7) is 4.01. The zero-order valence-corrected chi connectivity index (χ0v) is 19.4. The summed E-state index contributed by atoms with van der Waals surface area (Å²) in [4.78, 5) is 30.5. The Morgan fingerprint density at radius 1 is 0.758 bits per heavy atom. The molecule has 0 aromatic heterocycles. The molecule has 3 aromatic rings. The van der Waals surface area contributed by atoms with Gasteiger partial charge in [-0.25, -0.2) is 4.90 Å². The highest BCUT2D eigenvalue weighted by atomic mass is 16.5. The molecule has 168 valence electrons. The molecule has 0 bridgehead atoms. The topological polar surface area (TPSA) is 59.1 Å². The van der Waals surface area contributed by atoms with Crippen molar-refractivity contribution in [2.45, 2.75) is 13.8 Å². The van der Waals surface area contributed by atoms with Crippen LogP contribution in [0.25, 0.3) is 5.57 Å². The first-order chi connectivity index (χ1) is 15.9. The average molecular weight is 443 g/mol. The van der Waals surface area contributed by atoms with Crippen LogP contribution >= 0.6 is 0 Å². The van der Waals surface area contributed by atoms with E-state index in [0.29, 0.717) is 34.0 Å². The highest BCUT2D eigenvalue weighted by Gasteiger charge is 2.42. The van der Waals surface area contributed by atoms with Crippen LogP contribution in [0.15, 0.2) is 72.4 Å². The molecule has 33 heavy (non-hydrogen) atoms. The Balaban J connectivity index is 1.88. The number of benzene rings is 3. The van der Waals surface area contributed by atoms with E-state index in [0.717, 1.165) is 16.8 Å². The summed E-state index contributed by atoms with van der Waals surface area (Å²) in [5.74, 6) is 0.178. The number of nitrogens with zero attached hydrogens (tertiary/aromatic N) is 2. The molecular weight excluding hydrogens is 416 g/mol. The molecule has 0 N–H and O–H groups in total. The van der Waals surface area contributed by atoms with Crippen molar-refractivity contribution in [2.75, 3.05) is 31.1 Å². The van der Waals surface area contributed by atoms with Crippen LogP contribution in [0.5, 0.6) is 11.5 Å². The molecule has 3 aromatic carbocycles. The van der Waals surface area contributed by atoms with Gasteiger partial charge in [-0.3, -0.25) is 9.59 Å². The van der Waals surface area contributed by atoms with E-state index in [1.165, 1.54) is 19.1 Å². The average Bonchev–Trinajstić information content (AvgIpc) is 3.10. The Labute approximate surface area is 193 Å². The summed E-state index contributed by atoms with van der Waals surface area (Å²) in [7, 11) is 4.85. The predicted molar refractivity (Wildman–Crippen MR) is 130 cm³/mol. The van der Waals surface area contributed by atoms with E-state index in [1.54, 1.807) is 30.1 Å². The van der Waals surface area contributed by atoms with Gasteiger partial charge in [0.25, 0.3) is 11.8 Å². The molecule has 0 fully saturated rings. The van der Waals surface area contributed by atoms with Gasteiger partial charge in [-0.2, -0.15) is 0 Å². The van der Waals surface area contributed by atoms with E-state index in [4.69, 9.17) is 9.47 Å². The largest absolute Gasteiger partial charge is 0.493 e. The molecule has 6 heteroatoms. The third-order valence-corrected chi connectivity index (χ3v) is 5.96. The van der Waals surface area contributed by atoms with Crippen molar-refractivity contribution >= 4 is 28.8 Å². The van der Waals surface area contributed by atoms with Gasteiger partial charge < -0.3 is 14.4 Å². The standard InChI is InChI=1S/C27H26N2O4/c1-17-11-12-19(15-18(17)2)24-25(28(3)20-9-7-6-8-10-20)27(31)29(26(24)30)21-13-14-22(32-4)23(16-21)33-5/h6-16H,1-5H3. The Kier molecular flexibility index (Phi) is 5.92.